The summed E-state index contributed by atoms with van der Waals surface area (Å²) in [6.45, 7) is 18.3. The molecule has 348 valence electrons. The lowest BCUT2D eigenvalue weighted by molar-refractivity contribution is 0.0414. The highest BCUT2D eigenvalue weighted by molar-refractivity contribution is 6.38. The fourth-order valence-electron chi connectivity index (χ4n) is 9.25. The van der Waals surface area contributed by atoms with Crippen molar-refractivity contribution in [1.82, 2.24) is 0 Å². The zero-order valence-corrected chi connectivity index (χ0v) is 40.3. The molecular formula is C56H76O8. The molecule has 0 saturated heterocycles. The minimum atomic E-state index is -0.483. The zero-order chi connectivity index (χ0) is 46.2. The molecule has 5 rings (SSSR count). The standard InChI is InChI=1S/C56H76O8/c1-9-17-21-37(13-5)33-61-53(57)45-29-25-41-43-27-31-47(55(59)63-35-39(15-7)23-19-11-3)52-48(56(60)64-36-40(16-8)24-20-12-4)32-28-44(50(43)52)42-26-30-46(51(45)49(41)42)54(58)62-34-38(14-6)22-18-10-2/h25-32,37-40H,9-24,33-36H2,1-8H3. The number of unbranched alkanes of at least 4 members (excludes halogenated alkanes) is 4. The summed E-state index contributed by atoms with van der Waals surface area (Å²) >= 11 is 0. The molecule has 0 N–H and O–H groups in total. The van der Waals surface area contributed by atoms with E-state index in [1.54, 1.807) is 24.3 Å². The maximum Gasteiger partial charge on any atom is 0.338 e. The number of benzene rings is 5. The van der Waals surface area contributed by atoms with E-state index in [0.29, 0.717) is 59.5 Å². The number of fused-ring (bicyclic) bond motifs is 2. The average Bonchev–Trinajstić information content (AvgIpc) is 3.32. The molecule has 64 heavy (non-hydrogen) atoms. The van der Waals surface area contributed by atoms with E-state index in [1.807, 2.05) is 24.3 Å². The summed E-state index contributed by atoms with van der Waals surface area (Å²) in [7, 11) is 0. The first-order valence-corrected chi connectivity index (χ1v) is 25.0. The molecular weight excluding hydrogens is 801 g/mol. The molecule has 0 fully saturated rings. The monoisotopic (exact) mass is 877 g/mol. The Bertz CT molecular complexity index is 1990. The number of hydrogen-bond donors (Lipinski definition) is 0. The van der Waals surface area contributed by atoms with Gasteiger partial charge in [-0.05, 0) is 106 Å². The average molecular weight is 877 g/mol. The Hall–Kier alpha value is -4.72. The van der Waals surface area contributed by atoms with Gasteiger partial charge in [-0.15, -0.1) is 0 Å². The number of esters is 4. The Labute approximate surface area is 382 Å². The van der Waals surface area contributed by atoms with Crippen molar-refractivity contribution in [3.05, 3.63) is 70.8 Å². The van der Waals surface area contributed by atoms with Crippen LogP contribution in [0, 0.1) is 23.7 Å². The van der Waals surface area contributed by atoms with Gasteiger partial charge in [0.2, 0.25) is 0 Å². The first-order chi connectivity index (χ1) is 31.1. The van der Waals surface area contributed by atoms with E-state index in [2.05, 4.69) is 55.4 Å². The van der Waals surface area contributed by atoms with Crippen LogP contribution in [-0.4, -0.2) is 50.3 Å². The Morgan fingerprint density at radius 3 is 0.750 bits per heavy atom. The maximum absolute atomic E-state index is 14.3. The third-order valence-corrected chi connectivity index (χ3v) is 13.8. The van der Waals surface area contributed by atoms with Crippen molar-refractivity contribution in [2.75, 3.05) is 26.4 Å². The number of carbonyl (C=O) groups excluding carboxylic acids is 4. The second-order valence-corrected chi connectivity index (χ2v) is 18.2. The molecule has 0 amide bonds. The van der Waals surface area contributed by atoms with Gasteiger partial charge in [-0.1, -0.05) is 157 Å². The van der Waals surface area contributed by atoms with Gasteiger partial charge in [0.1, 0.15) is 0 Å². The van der Waals surface area contributed by atoms with Crippen molar-refractivity contribution in [2.24, 2.45) is 23.7 Å². The van der Waals surface area contributed by atoms with Gasteiger partial charge < -0.3 is 18.9 Å². The summed E-state index contributed by atoms with van der Waals surface area (Å²) < 4.78 is 24.3. The molecule has 0 bridgehead atoms. The van der Waals surface area contributed by atoms with Crippen LogP contribution in [0.1, 0.15) is 200 Å². The van der Waals surface area contributed by atoms with Crippen LogP contribution < -0.4 is 0 Å². The van der Waals surface area contributed by atoms with Gasteiger partial charge in [0, 0.05) is 10.8 Å². The summed E-state index contributed by atoms with van der Waals surface area (Å²) in [4.78, 5) is 57.1. The molecule has 4 atom stereocenters. The van der Waals surface area contributed by atoms with Crippen LogP contribution in [0.25, 0.3) is 43.1 Å². The van der Waals surface area contributed by atoms with Crippen molar-refractivity contribution in [3.8, 4) is 0 Å². The number of carbonyl (C=O) groups is 4. The molecule has 0 aromatic heterocycles. The fourth-order valence-corrected chi connectivity index (χ4v) is 9.25. The van der Waals surface area contributed by atoms with Crippen LogP contribution in [0.4, 0.5) is 0 Å². The van der Waals surface area contributed by atoms with Gasteiger partial charge in [-0.25, -0.2) is 19.2 Å². The minimum absolute atomic E-state index is 0.238. The van der Waals surface area contributed by atoms with Gasteiger partial charge in [0.05, 0.1) is 48.7 Å². The number of rotatable bonds is 28. The Kier molecular flexibility index (Phi) is 19.7. The second kappa shape index (κ2) is 25.1. The molecule has 8 nitrogen and oxygen atoms in total. The largest absolute Gasteiger partial charge is 0.462 e. The molecule has 0 aliphatic carbocycles. The van der Waals surface area contributed by atoms with Crippen LogP contribution in [0.5, 0.6) is 0 Å². The molecule has 0 aliphatic rings. The lowest BCUT2D eigenvalue weighted by atomic mass is 9.84. The normalized spacial score (nSPS) is 13.6. The van der Waals surface area contributed by atoms with E-state index in [1.165, 1.54) is 0 Å². The van der Waals surface area contributed by atoms with Crippen LogP contribution >= 0.6 is 0 Å². The van der Waals surface area contributed by atoms with E-state index in [-0.39, 0.29) is 23.7 Å². The molecule has 0 saturated carbocycles. The minimum Gasteiger partial charge on any atom is -0.462 e. The van der Waals surface area contributed by atoms with E-state index >= 15 is 0 Å². The van der Waals surface area contributed by atoms with Crippen molar-refractivity contribution in [1.29, 1.82) is 0 Å². The second-order valence-electron chi connectivity index (χ2n) is 18.2. The molecule has 0 radical (unpaired) electrons. The lowest BCUT2D eigenvalue weighted by Crippen LogP contribution is -2.17. The van der Waals surface area contributed by atoms with Crippen LogP contribution in [0.3, 0.4) is 0 Å². The van der Waals surface area contributed by atoms with Crippen LogP contribution in [0.2, 0.25) is 0 Å². The molecule has 8 heteroatoms. The Morgan fingerprint density at radius 1 is 0.344 bits per heavy atom. The molecule has 5 aromatic rings. The predicted octanol–water partition coefficient (Wildman–Crippen LogP) is 15.2. The van der Waals surface area contributed by atoms with Gasteiger partial charge in [-0.2, -0.15) is 0 Å². The summed E-state index contributed by atoms with van der Waals surface area (Å²) in [6.07, 6.45) is 16.0. The first-order valence-electron chi connectivity index (χ1n) is 25.0. The number of hydrogen-bond acceptors (Lipinski definition) is 8. The smallest absolute Gasteiger partial charge is 0.338 e. The van der Waals surface area contributed by atoms with Crippen molar-refractivity contribution < 1.29 is 38.1 Å². The fraction of sp³-hybridized carbons (Fsp3) is 0.571. The predicted molar refractivity (Wildman–Crippen MR) is 262 cm³/mol. The molecule has 0 heterocycles. The van der Waals surface area contributed by atoms with Gasteiger partial charge in [-0.3, -0.25) is 0 Å². The SMILES string of the molecule is CCCCC(CC)COC(=O)c1ccc2c3ccc(C(=O)OCC(CC)CCCC)c4c(C(=O)OCC(CC)CCCC)ccc(c5ccc(C(=O)OCC(CC)CCCC)c1c25)c43. The topological polar surface area (TPSA) is 105 Å². The van der Waals surface area contributed by atoms with Crippen LogP contribution in [0.15, 0.2) is 48.5 Å². The Morgan fingerprint density at radius 2 is 0.562 bits per heavy atom. The van der Waals surface area contributed by atoms with Gasteiger partial charge in [0.25, 0.3) is 0 Å². The summed E-state index contributed by atoms with van der Waals surface area (Å²) in [5, 5.41) is 5.52. The maximum atomic E-state index is 14.3. The molecule has 4 unspecified atom stereocenters. The third-order valence-electron chi connectivity index (χ3n) is 13.8. The van der Waals surface area contributed by atoms with Gasteiger partial charge >= 0.3 is 23.9 Å². The molecule has 0 aliphatic heterocycles. The quantitative estimate of drug-likeness (QED) is 0.0212. The van der Waals surface area contributed by atoms with Crippen LogP contribution in [-0.2, 0) is 18.9 Å². The summed E-state index contributed by atoms with van der Waals surface area (Å²) in [6, 6.07) is 14.6. The van der Waals surface area contributed by atoms with Crippen molar-refractivity contribution in [2.45, 2.75) is 158 Å². The summed E-state index contributed by atoms with van der Waals surface area (Å²) in [5.41, 5.74) is 1.22. The Balaban J connectivity index is 1.73. The summed E-state index contributed by atoms with van der Waals surface area (Å²) in [5.74, 6) is -0.982. The lowest BCUT2D eigenvalue weighted by Gasteiger charge is -2.22. The van der Waals surface area contributed by atoms with Crippen molar-refractivity contribution in [3.63, 3.8) is 0 Å². The highest BCUT2D eigenvalue weighted by atomic mass is 16.5. The molecule has 0 spiro atoms. The number of ether oxygens (including phenoxy) is 4. The highest BCUT2D eigenvalue weighted by Crippen LogP contribution is 2.45. The van der Waals surface area contributed by atoms with E-state index in [9.17, 15) is 19.2 Å². The van der Waals surface area contributed by atoms with E-state index in [4.69, 9.17) is 18.9 Å². The van der Waals surface area contributed by atoms with E-state index in [0.717, 1.165) is 135 Å². The first kappa shape index (κ1) is 50.3. The van der Waals surface area contributed by atoms with Gasteiger partial charge in [0.15, 0.2) is 0 Å². The van der Waals surface area contributed by atoms with Crippen molar-refractivity contribution >= 4 is 67.0 Å². The van der Waals surface area contributed by atoms with E-state index < -0.39 is 23.9 Å². The highest BCUT2D eigenvalue weighted by Gasteiger charge is 2.29. The zero-order valence-electron chi connectivity index (χ0n) is 40.3. The third kappa shape index (κ3) is 11.9. The molecule has 5 aromatic carbocycles.